The summed E-state index contributed by atoms with van der Waals surface area (Å²) in [5.41, 5.74) is 2.90. The lowest BCUT2D eigenvalue weighted by Crippen LogP contribution is -2.21. The average molecular weight is 345 g/mol. The Morgan fingerprint density at radius 1 is 1.04 bits per heavy atom. The van der Waals surface area contributed by atoms with E-state index in [-0.39, 0.29) is 11.8 Å². The number of anilines is 1. The van der Waals surface area contributed by atoms with Crippen molar-refractivity contribution in [1.29, 1.82) is 0 Å². The lowest BCUT2D eigenvalue weighted by molar-refractivity contribution is -0.111. The first-order valence-corrected chi connectivity index (χ1v) is 8.19. The van der Waals surface area contributed by atoms with Crippen LogP contribution in [0.25, 0.3) is 17.0 Å². The van der Waals surface area contributed by atoms with E-state index in [0.29, 0.717) is 11.3 Å². The maximum Gasteiger partial charge on any atom is 0.253 e. The number of para-hydroxylation sites is 1. The molecule has 1 aromatic heterocycles. The van der Waals surface area contributed by atoms with Crippen LogP contribution in [-0.4, -0.2) is 35.8 Å². The van der Waals surface area contributed by atoms with Gasteiger partial charge in [0.25, 0.3) is 5.91 Å². The molecule has 0 unspecified atom stereocenters. The number of amides is 2. The highest BCUT2D eigenvalue weighted by Gasteiger charge is 2.08. The monoisotopic (exact) mass is 345 g/mol. The molecule has 0 bridgehead atoms. The van der Waals surface area contributed by atoms with Crippen molar-refractivity contribution in [2.75, 3.05) is 19.4 Å². The Balaban J connectivity index is 1.76. The molecule has 0 saturated carbocycles. The first-order valence-electron chi connectivity index (χ1n) is 8.19. The molecule has 3 rings (SSSR count). The van der Waals surface area contributed by atoms with Crippen molar-refractivity contribution in [3.8, 4) is 0 Å². The van der Waals surface area contributed by atoms with Crippen LogP contribution in [0.1, 0.15) is 15.9 Å². The fourth-order valence-corrected chi connectivity index (χ4v) is 2.60. The summed E-state index contributed by atoms with van der Waals surface area (Å²) in [4.78, 5) is 30.0. The molecule has 0 aliphatic heterocycles. The van der Waals surface area contributed by atoms with Gasteiger partial charge in [0.15, 0.2) is 0 Å². The Morgan fingerprint density at radius 3 is 2.65 bits per heavy atom. The molecule has 2 amide bonds. The van der Waals surface area contributed by atoms with Crippen molar-refractivity contribution in [2.45, 2.75) is 0 Å². The molecular formula is C21H19N3O2. The maximum atomic E-state index is 12.2. The van der Waals surface area contributed by atoms with Gasteiger partial charge >= 0.3 is 0 Å². The molecule has 0 radical (unpaired) electrons. The number of pyridine rings is 1. The van der Waals surface area contributed by atoms with Crippen LogP contribution in [0, 0.1) is 0 Å². The number of nitrogens with one attached hydrogen (secondary N) is 1. The Bertz CT molecular complexity index is 988. The molecule has 2 aromatic carbocycles. The highest BCUT2D eigenvalue weighted by Crippen LogP contribution is 2.17. The highest BCUT2D eigenvalue weighted by atomic mass is 16.2. The number of aromatic nitrogens is 1. The van der Waals surface area contributed by atoms with Crippen molar-refractivity contribution in [3.05, 3.63) is 78.0 Å². The summed E-state index contributed by atoms with van der Waals surface area (Å²) in [5, 5.41) is 3.77. The van der Waals surface area contributed by atoms with Crippen molar-refractivity contribution in [2.24, 2.45) is 0 Å². The van der Waals surface area contributed by atoms with E-state index in [1.54, 1.807) is 50.6 Å². The zero-order valence-corrected chi connectivity index (χ0v) is 14.6. The minimum Gasteiger partial charge on any atom is -0.345 e. The second-order valence-corrected chi connectivity index (χ2v) is 6.02. The first-order chi connectivity index (χ1) is 12.5. The van der Waals surface area contributed by atoms with Crippen LogP contribution in [-0.2, 0) is 4.79 Å². The van der Waals surface area contributed by atoms with Crippen LogP contribution in [0.2, 0.25) is 0 Å². The van der Waals surface area contributed by atoms with Crippen LogP contribution < -0.4 is 5.32 Å². The van der Waals surface area contributed by atoms with E-state index >= 15 is 0 Å². The highest BCUT2D eigenvalue weighted by molar-refractivity contribution is 6.04. The zero-order valence-electron chi connectivity index (χ0n) is 14.6. The van der Waals surface area contributed by atoms with E-state index in [4.69, 9.17) is 0 Å². The number of hydrogen-bond donors (Lipinski definition) is 1. The van der Waals surface area contributed by atoms with E-state index in [2.05, 4.69) is 10.3 Å². The second-order valence-electron chi connectivity index (χ2n) is 6.02. The number of rotatable bonds is 4. The normalized spacial score (nSPS) is 10.8. The van der Waals surface area contributed by atoms with Gasteiger partial charge in [0.1, 0.15) is 0 Å². The molecule has 1 N–H and O–H groups in total. The molecule has 26 heavy (non-hydrogen) atoms. The van der Waals surface area contributed by atoms with Crippen molar-refractivity contribution < 1.29 is 9.59 Å². The molecule has 130 valence electrons. The largest absolute Gasteiger partial charge is 0.345 e. The summed E-state index contributed by atoms with van der Waals surface area (Å²) in [6.45, 7) is 0. The summed E-state index contributed by atoms with van der Waals surface area (Å²) in [5.74, 6) is -0.375. The average Bonchev–Trinajstić information content (AvgIpc) is 2.65. The van der Waals surface area contributed by atoms with Gasteiger partial charge in [-0.1, -0.05) is 24.3 Å². The smallest absolute Gasteiger partial charge is 0.253 e. The lowest BCUT2D eigenvalue weighted by Gasteiger charge is -2.11. The van der Waals surface area contributed by atoms with Gasteiger partial charge in [-0.2, -0.15) is 0 Å². The van der Waals surface area contributed by atoms with Gasteiger partial charge in [0.05, 0.1) is 5.52 Å². The van der Waals surface area contributed by atoms with E-state index in [1.165, 1.54) is 11.0 Å². The topological polar surface area (TPSA) is 62.3 Å². The zero-order chi connectivity index (χ0) is 18.5. The van der Waals surface area contributed by atoms with Gasteiger partial charge in [0.2, 0.25) is 5.91 Å². The third-order valence-corrected chi connectivity index (χ3v) is 3.88. The quantitative estimate of drug-likeness (QED) is 0.735. The lowest BCUT2D eigenvalue weighted by atomic mass is 10.1. The molecule has 0 spiro atoms. The number of fused-ring (bicyclic) bond motifs is 1. The number of benzene rings is 2. The molecule has 5 heteroatoms. The van der Waals surface area contributed by atoms with Crippen LogP contribution >= 0.6 is 0 Å². The van der Waals surface area contributed by atoms with Crippen molar-refractivity contribution >= 4 is 34.5 Å². The molecule has 0 aliphatic rings. The van der Waals surface area contributed by atoms with Gasteiger partial charge < -0.3 is 10.2 Å². The summed E-state index contributed by atoms with van der Waals surface area (Å²) < 4.78 is 0. The van der Waals surface area contributed by atoms with Gasteiger partial charge in [-0.25, -0.2) is 0 Å². The third kappa shape index (κ3) is 3.95. The van der Waals surface area contributed by atoms with E-state index in [1.807, 2.05) is 30.3 Å². The van der Waals surface area contributed by atoms with Crippen LogP contribution in [0.5, 0.6) is 0 Å². The minimum absolute atomic E-state index is 0.111. The van der Waals surface area contributed by atoms with E-state index < -0.39 is 0 Å². The van der Waals surface area contributed by atoms with Crippen LogP contribution in [0.15, 0.2) is 66.9 Å². The number of hydrogen-bond acceptors (Lipinski definition) is 3. The predicted octanol–water partition coefficient (Wildman–Crippen LogP) is 3.59. The summed E-state index contributed by atoms with van der Waals surface area (Å²) in [7, 11) is 3.38. The molecule has 0 saturated heterocycles. The molecule has 3 aromatic rings. The summed E-state index contributed by atoms with van der Waals surface area (Å²) >= 11 is 0. The van der Waals surface area contributed by atoms with Crippen molar-refractivity contribution in [3.63, 3.8) is 0 Å². The second kappa shape index (κ2) is 7.61. The minimum atomic E-state index is -0.264. The Labute approximate surface area is 152 Å². The van der Waals surface area contributed by atoms with Crippen molar-refractivity contribution in [1.82, 2.24) is 9.88 Å². The molecule has 5 nitrogen and oxygen atoms in total. The Hall–Kier alpha value is -3.47. The molecular weight excluding hydrogens is 326 g/mol. The molecule has 0 atom stereocenters. The molecule has 0 aliphatic carbocycles. The fourth-order valence-electron chi connectivity index (χ4n) is 2.60. The van der Waals surface area contributed by atoms with Gasteiger partial charge in [0, 0.05) is 43.0 Å². The van der Waals surface area contributed by atoms with E-state index in [0.717, 1.165) is 16.5 Å². The van der Waals surface area contributed by atoms with Gasteiger partial charge in [-0.15, -0.1) is 0 Å². The Kier molecular flexibility index (Phi) is 5.08. The number of carbonyl (C=O) groups excluding carboxylic acids is 2. The predicted molar refractivity (Wildman–Crippen MR) is 104 cm³/mol. The van der Waals surface area contributed by atoms with Gasteiger partial charge in [-0.3, -0.25) is 14.6 Å². The third-order valence-electron chi connectivity index (χ3n) is 3.88. The Morgan fingerprint density at radius 2 is 1.85 bits per heavy atom. The van der Waals surface area contributed by atoms with Crippen LogP contribution in [0.4, 0.5) is 5.69 Å². The fraction of sp³-hybridized carbons (Fsp3) is 0.0952. The first kappa shape index (κ1) is 17.4. The standard InChI is InChI=1S/C21H19N3O2/c1-24(2)21(26)16-6-5-7-17(14-16)23-20(25)11-10-15-12-13-22-19-9-4-3-8-18(15)19/h3-14H,1-2H3,(H,23,25). The number of carbonyl (C=O) groups is 2. The van der Waals surface area contributed by atoms with Gasteiger partial charge in [-0.05, 0) is 42.0 Å². The number of nitrogens with zero attached hydrogens (tertiary/aromatic N) is 2. The summed E-state index contributed by atoms with van der Waals surface area (Å²) in [6, 6.07) is 16.5. The van der Waals surface area contributed by atoms with E-state index in [9.17, 15) is 9.59 Å². The summed E-state index contributed by atoms with van der Waals surface area (Å²) in [6.07, 6.45) is 4.95. The van der Waals surface area contributed by atoms with Crippen LogP contribution in [0.3, 0.4) is 0 Å². The SMILES string of the molecule is CN(C)C(=O)c1cccc(NC(=O)C=Cc2ccnc3ccccc23)c1. The molecule has 1 heterocycles. The molecule has 0 fully saturated rings. The maximum absolute atomic E-state index is 12.2.